The van der Waals surface area contributed by atoms with Gasteiger partial charge in [-0.15, -0.1) is 0 Å². The first kappa shape index (κ1) is 17.9. The highest BCUT2D eigenvalue weighted by molar-refractivity contribution is 6.00. The van der Waals surface area contributed by atoms with Gasteiger partial charge in [0.25, 0.3) is 0 Å². The second-order valence-corrected chi connectivity index (χ2v) is 6.59. The van der Waals surface area contributed by atoms with E-state index >= 15 is 0 Å². The van der Waals surface area contributed by atoms with Crippen molar-refractivity contribution in [2.45, 2.75) is 25.8 Å². The fourth-order valence-electron chi connectivity index (χ4n) is 3.07. The first-order chi connectivity index (χ1) is 12.6. The lowest BCUT2D eigenvalue weighted by Gasteiger charge is -2.27. The second kappa shape index (κ2) is 8.49. The number of benzene rings is 2. The number of amides is 3. The molecule has 26 heavy (non-hydrogen) atoms. The van der Waals surface area contributed by atoms with E-state index in [1.54, 1.807) is 24.3 Å². The number of hydrogen-bond donors (Lipinski definition) is 4. The summed E-state index contributed by atoms with van der Waals surface area (Å²) in [6, 6.07) is 16.4. The fourth-order valence-corrected chi connectivity index (χ4v) is 3.07. The molecule has 1 aliphatic heterocycles. The van der Waals surface area contributed by atoms with E-state index in [2.05, 4.69) is 28.2 Å². The zero-order valence-electron chi connectivity index (χ0n) is 14.8. The summed E-state index contributed by atoms with van der Waals surface area (Å²) < 4.78 is 0. The predicted octanol–water partition coefficient (Wildman–Crippen LogP) is 3.66. The summed E-state index contributed by atoms with van der Waals surface area (Å²) in [4.78, 5) is 24.3. The Labute approximate surface area is 153 Å². The van der Waals surface area contributed by atoms with Crippen molar-refractivity contribution < 1.29 is 9.59 Å². The van der Waals surface area contributed by atoms with Crippen LogP contribution < -0.4 is 21.3 Å². The van der Waals surface area contributed by atoms with Crippen LogP contribution in [0.4, 0.5) is 21.9 Å². The van der Waals surface area contributed by atoms with Gasteiger partial charge >= 0.3 is 6.03 Å². The van der Waals surface area contributed by atoms with Gasteiger partial charge in [0.15, 0.2) is 0 Å². The number of carbonyl (C=O) groups is 2. The number of hydrogen-bond acceptors (Lipinski definition) is 3. The highest BCUT2D eigenvalue weighted by Crippen LogP contribution is 2.20. The molecule has 0 unspecified atom stereocenters. The van der Waals surface area contributed by atoms with Gasteiger partial charge in [0.2, 0.25) is 5.91 Å². The van der Waals surface area contributed by atoms with Crippen molar-refractivity contribution in [1.82, 2.24) is 5.32 Å². The smallest absolute Gasteiger partial charge is 0.323 e. The molecule has 1 heterocycles. The zero-order chi connectivity index (χ0) is 18.4. The van der Waals surface area contributed by atoms with E-state index in [0.29, 0.717) is 11.7 Å². The van der Waals surface area contributed by atoms with E-state index < -0.39 is 0 Å². The van der Waals surface area contributed by atoms with Crippen LogP contribution in [0.1, 0.15) is 19.8 Å². The molecule has 4 N–H and O–H groups in total. The minimum absolute atomic E-state index is 0.0423. The van der Waals surface area contributed by atoms with Crippen LogP contribution in [0.5, 0.6) is 0 Å². The molecule has 0 aromatic heterocycles. The van der Waals surface area contributed by atoms with Crippen molar-refractivity contribution in [3.05, 3.63) is 54.6 Å². The monoisotopic (exact) mass is 352 g/mol. The van der Waals surface area contributed by atoms with Crippen LogP contribution in [0.3, 0.4) is 0 Å². The van der Waals surface area contributed by atoms with Gasteiger partial charge in [0.1, 0.15) is 0 Å². The standard InChI is InChI=1S/C20H24N4O2/c1-14-13-15(11-12-21-14)19(25)22-17-7-9-18(10-8-17)24-20(26)23-16-5-3-2-4-6-16/h2-10,14-15,21H,11-13H2,1H3,(H,22,25)(H2,23,24,26)/t14-,15-/m0/s1. The van der Waals surface area contributed by atoms with Crippen LogP contribution in [-0.2, 0) is 4.79 Å². The third-order valence-corrected chi connectivity index (χ3v) is 4.44. The zero-order valence-corrected chi connectivity index (χ0v) is 14.8. The van der Waals surface area contributed by atoms with E-state index in [0.717, 1.165) is 30.8 Å². The molecule has 0 saturated carbocycles. The van der Waals surface area contributed by atoms with Crippen LogP contribution in [0.15, 0.2) is 54.6 Å². The maximum absolute atomic E-state index is 12.4. The molecule has 1 saturated heterocycles. The van der Waals surface area contributed by atoms with Crippen molar-refractivity contribution in [2.24, 2.45) is 5.92 Å². The molecule has 3 amide bonds. The summed E-state index contributed by atoms with van der Waals surface area (Å²) in [6.07, 6.45) is 1.71. The first-order valence-electron chi connectivity index (χ1n) is 8.87. The van der Waals surface area contributed by atoms with Gasteiger partial charge in [-0.05, 0) is 62.7 Å². The Morgan fingerprint density at radius 2 is 1.46 bits per heavy atom. The Bertz CT molecular complexity index is 746. The highest BCUT2D eigenvalue weighted by Gasteiger charge is 2.24. The van der Waals surface area contributed by atoms with Crippen LogP contribution >= 0.6 is 0 Å². The predicted molar refractivity (Wildman–Crippen MR) is 104 cm³/mol. The number of piperidine rings is 1. The number of nitrogens with one attached hydrogen (secondary N) is 4. The minimum Gasteiger partial charge on any atom is -0.326 e. The molecule has 0 spiro atoms. The quantitative estimate of drug-likeness (QED) is 0.678. The average Bonchev–Trinajstić information content (AvgIpc) is 2.64. The third-order valence-electron chi connectivity index (χ3n) is 4.44. The number of para-hydroxylation sites is 1. The largest absolute Gasteiger partial charge is 0.326 e. The summed E-state index contributed by atoms with van der Waals surface area (Å²) in [5, 5.41) is 11.8. The SMILES string of the molecule is C[C@H]1C[C@@H](C(=O)Nc2ccc(NC(=O)Nc3ccccc3)cc2)CCN1. The molecule has 0 bridgehead atoms. The van der Waals surface area contributed by atoms with Gasteiger partial charge in [0, 0.05) is 29.0 Å². The number of rotatable bonds is 4. The Balaban J connectivity index is 1.51. The van der Waals surface area contributed by atoms with Gasteiger partial charge in [0.05, 0.1) is 0 Å². The van der Waals surface area contributed by atoms with E-state index in [1.807, 2.05) is 30.3 Å². The Morgan fingerprint density at radius 3 is 2.08 bits per heavy atom. The van der Waals surface area contributed by atoms with E-state index in [1.165, 1.54) is 0 Å². The van der Waals surface area contributed by atoms with Crippen molar-refractivity contribution in [3.63, 3.8) is 0 Å². The van der Waals surface area contributed by atoms with Gasteiger partial charge < -0.3 is 21.3 Å². The second-order valence-electron chi connectivity index (χ2n) is 6.59. The Kier molecular flexibility index (Phi) is 5.86. The molecule has 0 aliphatic carbocycles. The van der Waals surface area contributed by atoms with Crippen molar-refractivity contribution in [1.29, 1.82) is 0 Å². The Morgan fingerprint density at radius 1 is 0.885 bits per heavy atom. The molecule has 0 radical (unpaired) electrons. The van der Waals surface area contributed by atoms with Gasteiger partial charge in [-0.2, -0.15) is 0 Å². The van der Waals surface area contributed by atoms with Crippen LogP contribution in [0.25, 0.3) is 0 Å². The summed E-state index contributed by atoms with van der Waals surface area (Å²) >= 11 is 0. The Hall–Kier alpha value is -2.86. The molecular weight excluding hydrogens is 328 g/mol. The molecule has 6 heteroatoms. The molecule has 2 atom stereocenters. The third kappa shape index (κ3) is 5.07. The summed E-state index contributed by atoms with van der Waals surface area (Å²) in [5.41, 5.74) is 2.12. The molecule has 136 valence electrons. The maximum Gasteiger partial charge on any atom is 0.323 e. The lowest BCUT2D eigenvalue weighted by molar-refractivity contribution is -0.120. The van der Waals surface area contributed by atoms with E-state index in [9.17, 15) is 9.59 Å². The van der Waals surface area contributed by atoms with E-state index in [-0.39, 0.29) is 17.9 Å². The van der Waals surface area contributed by atoms with Crippen molar-refractivity contribution >= 4 is 29.0 Å². The summed E-state index contributed by atoms with van der Waals surface area (Å²) in [6.45, 7) is 2.97. The molecule has 2 aromatic carbocycles. The summed E-state index contributed by atoms with van der Waals surface area (Å²) in [5.74, 6) is 0.0987. The first-order valence-corrected chi connectivity index (χ1v) is 8.87. The maximum atomic E-state index is 12.4. The molecule has 6 nitrogen and oxygen atoms in total. The van der Waals surface area contributed by atoms with Gasteiger partial charge in [-0.25, -0.2) is 4.79 Å². The molecule has 3 rings (SSSR count). The van der Waals surface area contributed by atoms with E-state index in [4.69, 9.17) is 0 Å². The minimum atomic E-state index is -0.309. The van der Waals surface area contributed by atoms with Crippen molar-refractivity contribution in [2.75, 3.05) is 22.5 Å². The number of anilines is 3. The topological polar surface area (TPSA) is 82.3 Å². The number of urea groups is 1. The highest BCUT2D eigenvalue weighted by atomic mass is 16.2. The normalized spacial score (nSPS) is 19.4. The van der Waals surface area contributed by atoms with Crippen LogP contribution in [0.2, 0.25) is 0 Å². The van der Waals surface area contributed by atoms with Crippen LogP contribution in [0, 0.1) is 5.92 Å². The fraction of sp³-hybridized carbons (Fsp3) is 0.300. The van der Waals surface area contributed by atoms with Crippen LogP contribution in [-0.4, -0.2) is 24.5 Å². The molecule has 2 aromatic rings. The van der Waals surface area contributed by atoms with Gasteiger partial charge in [-0.1, -0.05) is 18.2 Å². The molecule has 1 fully saturated rings. The number of carbonyl (C=O) groups excluding carboxylic acids is 2. The van der Waals surface area contributed by atoms with Crippen molar-refractivity contribution in [3.8, 4) is 0 Å². The molecule has 1 aliphatic rings. The van der Waals surface area contributed by atoms with Gasteiger partial charge in [-0.3, -0.25) is 4.79 Å². The summed E-state index contributed by atoms with van der Waals surface area (Å²) in [7, 11) is 0. The average molecular weight is 352 g/mol. The lowest BCUT2D eigenvalue weighted by Crippen LogP contribution is -2.40. The molecular formula is C20H24N4O2. The lowest BCUT2D eigenvalue weighted by atomic mass is 9.92.